The predicted molar refractivity (Wildman–Crippen MR) is 114 cm³/mol. The zero-order chi connectivity index (χ0) is 20.4. The number of para-hydroxylation sites is 3. The van der Waals surface area contributed by atoms with E-state index in [2.05, 4.69) is 16.1 Å². The Kier molecular flexibility index (Phi) is 5.25. The number of benzene rings is 2. The Balaban J connectivity index is 1.51. The minimum absolute atomic E-state index is 0.0573. The molecule has 0 aliphatic carbocycles. The zero-order valence-electron chi connectivity index (χ0n) is 17.1. The van der Waals surface area contributed by atoms with Gasteiger partial charge in [0.05, 0.1) is 35.4 Å². The molecule has 1 amide bonds. The van der Waals surface area contributed by atoms with Gasteiger partial charge in [-0.25, -0.2) is 4.68 Å². The summed E-state index contributed by atoms with van der Waals surface area (Å²) in [4.78, 5) is 17.5. The lowest BCUT2D eigenvalue weighted by Crippen LogP contribution is -2.49. The Labute approximate surface area is 171 Å². The van der Waals surface area contributed by atoms with Crippen molar-refractivity contribution in [3.63, 3.8) is 0 Å². The molecule has 1 fully saturated rings. The Morgan fingerprint density at radius 3 is 2.28 bits per heavy atom. The van der Waals surface area contributed by atoms with Crippen LogP contribution in [0.5, 0.6) is 5.75 Å². The number of rotatable bonds is 4. The molecule has 29 heavy (non-hydrogen) atoms. The first-order valence-corrected chi connectivity index (χ1v) is 9.89. The summed E-state index contributed by atoms with van der Waals surface area (Å²) >= 11 is 0. The van der Waals surface area contributed by atoms with Crippen LogP contribution >= 0.6 is 0 Å². The first-order valence-electron chi connectivity index (χ1n) is 9.89. The van der Waals surface area contributed by atoms with Crippen molar-refractivity contribution in [2.45, 2.75) is 13.8 Å². The number of methoxy groups -OCH3 is 1. The summed E-state index contributed by atoms with van der Waals surface area (Å²) in [5.41, 5.74) is 4.40. The van der Waals surface area contributed by atoms with Crippen LogP contribution in [-0.2, 0) is 0 Å². The lowest BCUT2D eigenvalue weighted by molar-refractivity contribution is 0.0745. The van der Waals surface area contributed by atoms with Gasteiger partial charge < -0.3 is 14.5 Å². The van der Waals surface area contributed by atoms with Crippen LogP contribution in [0.1, 0.15) is 21.7 Å². The van der Waals surface area contributed by atoms with Crippen molar-refractivity contribution >= 4 is 11.6 Å². The van der Waals surface area contributed by atoms with Crippen molar-refractivity contribution in [1.29, 1.82) is 0 Å². The predicted octanol–water partition coefficient (Wildman–Crippen LogP) is 3.46. The van der Waals surface area contributed by atoms with Gasteiger partial charge in [0.25, 0.3) is 5.91 Å². The van der Waals surface area contributed by atoms with Crippen LogP contribution in [0.2, 0.25) is 0 Å². The van der Waals surface area contributed by atoms with Gasteiger partial charge in [-0.05, 0) is 38.1 Å². The molecule has 2 heterocycles. The second-order valence-corrected chi connectivity index (χ2v) is 7.24. The molecule has 1 aliphatic heterocycles. The highest BCUT2D eigenvalue weighted by atomic mass is 16.5. The fourth-order valence-corrected chi connectivity index (χ4v) is 3.97. The largest absolute Gasteiger partial charge is 0.495 e. The average molecular weight is 390 g/mol. The maximum atomic E-state index is 13.3. The number of nitrogens with zero attached hydrogens (tertiary/aromatic N) is 4. The molecule has 0 unspecified atom stereocenters. The van der Waals surface area contributed by atoms with Gasteiger partial charge in [-0.2, -0.15) is 5.10 Å². The number of hydrogen-bond donors (Lipinski definition) is 0. The number of carbonyl (C=O) groups is 1. The van der Waals surface area contributed by atoms with E-state index >= 15 is 0 Å². The van der Waals surface area contributed by atoms with E-state index in [1.54, 1.807) is 7.11 Å². The lowest BCUT2D eigenvalue weighted by Gasteiger charge is -2.36. The third kappa shape index (κ3) is 3.58. The second kappa shape index (κ2) is 7.99. The Morgan fingerprint density at radius 2 is 1.59 bits per heavy atom. The molecule has 2 aromatic carbocycles. The number of piperazine rings is 1. The van der Waals surface area contributed by atoms with Crippen molar-refractivity contribution in [2.75, 3.05) is 38.2 Å². The highest BCUT2D eigenvalue weighted by molar-refractivity contribution is 5.96. The van der Waals surface area contributed by atoms with Crippen LogP contribution in [-0.4, -0.2) is 53.9 Å². The molecule has 150 valence electrons. The molecule has 0 radical (unpaired) electrons. The standard InChI is InChI=1S/C23H26N4O2/c1-17-22(18(2)27(24-17)19-9-5-4-6-10-19)23(28)26-15-13-25(14-16-26)20-11-7-8-12-21(20)29-3/h4-12H,13-16H2,1-3H3. The molecule has 6 nitrogen and oxygen atoms in total. The molecule has 0 saturated carbocycles. The Hall–Kier alpha value is -3.28. The van der Waals surface area contributed by atoms with Gasteiger partial charge >= 0.3 is 0 Å². The fraction of sp³-hybridized carbons (Fsp3) is 0.304. The first kappa shape index (κ1) is 19.1. The van der Waals surface area contributed by atoms with E-state index in [-0.39, 0.29) is 5.91 Å². The van der Waals surface area contributed by atoms with Crippen molar-refractivity contribution in [3.05, 3.63) is 71.5 Å². The van der Waals surface area contributed by atoms with Gasteiger partial charge in [-0.3, -0.25) is 4.79 Å². The molecule has 3 aromatic rings. The highest BCUT2D eigenvalue weighted by Crippen LogP contribution is 2.29. The van der Waals surface area contributed by atoms with Gasteiger partial charge in [0.15, 0.2) is 0 Å². The van der Waals surface area contributed by atoms with Gasteiger partial charge in [0, 0.05) is 26.2 Å². The minimum atomic E-state index is 0.0573. The lowest BCUT2D eigenvalue weighted by atomic mass is 10.1. The summed E-state index contributed by atoms with van der Waals surface area (Å²) in [7, 11) is 1.69. The summed E-state index contributed by atoms with van der Waals surface area (Å²) in [5, 5.41) is 4.62. The number of ether oxygens (including phenoxy) is 1. The van der Waals surface area contributed by atoms with E-state index in [9.17, 15) is 4.79 Å². The SMILES string of the molecule is COc1ccccc1N1CCN(C(=O)c2c(C)nn(-c3ccccc3)c2C)CC1. The normalized spacial score (nSPS) is 14.2. The maximum absolute atomic E-state index is 13.3. The molecule has 0 bridgehead atoms. The van der Waals surface area contributed by atoms with Gasteiger partial charge in [0.1, 0.15) is 5.75 Å². The number of aryl methyl sites for hydroxylation is 1. The average Bonchev–Trinajstić information content (AvgIpc) is 3.08. The van der Waals surface area contributed by atoms with Crippen LogP contribution in [0.25, 0.3) is 5.69 Å². The number of aromatic nitrogens is 2. The third-order valence-electron chi connectivity index (χ3n) is 5.50. The van der Waals surface area contributed by atoms with Crippen LogP contribution in [0.4, 0.5) is 5.69 Å². The van der Waals surface area contributed by atoms with Crippen LogP contribution in [0.3, 0.4) is 0 Å². The van der Waals surface area contributed by atoms with Gasteiger partial charge in [-0.1, -0.05) is 30.3 Å². The number of amides is 1. The van der Waals surface area contributed by atoms with Crippen molar-refractivity contribution < 1.29 is 9.53 Å². The van der Waals surface area contributed by atoms with E-state index in [0.717, 1.165) is 41.6 Å². The molecular weight excluding hydrogens is 364 g/mol. The molecule has 1 saturated heterocycles. The minimum Gasteiger partial charge on any atom is -0.495 e. The van der Waals surface area contributed by atoms with Gasteiger partial charge in [0.2, 0.25) is 0 Å². The van der Waals surface area contributed by atoms with Crippen LogP contribution < -0.4 is 9.64 Å². The van der Waals surface area contributed by atoms with E-state index in [1.165, 1.54) is 0 Å². The Bertz CT molecular complexity index is 1000. The van der Waals surface area contributed by atoms with Crippen LogP contribution in [0, 0.1) is 13.8 Å². The number of carbonyl (C=O) groups excluding carboxylic acids is 1. The topological polar surface area (TPSA) is 50.6 Å². The zero-order valence-corrected chi connectivity index (χ0v) is 17.1. The van der Waals surface area contributed by atoms with Crippen molar-refractivity contribution in [1.82, 2.24) is 14.7 Å². The smallest absolute Gasteiger partial charge is 0.257 e. The van der Waals surface area contributed by atoms with E-state index in [0.29, 0.717) is 18.7 Å². The Morgan fingerprint density at radius 1 is 0.931 bits per heavy atom. The second-order valence-electron chi connectivity index (χ2n) is 7.24. The molecule has 4 rings (SSSR count). The maximum Gasteiger partial charge on any atom is 0.257 e. The van der Waals surface area contributed by atoms with Crippen molar-refractivity contribution in [3.8, 4) is 11.4 Å². The first-order chi connectivity index (χ1) is 14.1. The summed E-state index contributed by atoms with van der Waals surface area (Å²) in [6.45, 7) is 6.77. The molecule has 1 aromatic heterocycles. The summed E-state index contributed by atoms with van der Waals surface area (Å²) in [6, 6.07) is 17.9. The van der Waals surface area contributed by atoms with E-state index in [1.807, 2.05) is 72.0 Å². The summed E-state index contributed by atoms with van der Waals surface area (Å²) in [5.74, 6) is 0.921. The van der Waals surface area contributed by atoms with E-state index in [4.69, 9.17) is 4.74 Å². The fourth-order valence-electron chi connectivity index (χ4n) is 3.97. The van der Waals surface area contributed by atoms with E-state index < -0.39 is 0 Å². The van der Waals surface area contributed by atoms with Crippen LogP contribution in [0.15, 0.2) is 54.6 Å². The summed E-state index contributed by atoms with van der Waals surface area (Å²) in [6.07, 6.45) is 0. The highest BCUT2D eigenvalue weighted by Gasteiger charge is 2.28. The quantitative estimate of drug-likeness (QED) is 0.685. The monoisotopic (exact) mass is 390 g/mol. The molecule has 6 heteroatoms. The number of anilines is 1. The van der Waals surface area contributed by atoms with Crippen molar-refractivity contribution in [2.24, 2.45) is 0 Å². The summed E-state index contributed by atoms with van der Waals surface area (Å²) < 4.78 is 7.34. The molecule has 1 aliphatic rings. The number of hydrogen-bond acceptors (Lipinski definition) is 4. The van der Waals surface area contributed by atoms with Gasteiger partial charge in [-0.15, -0.1) is 0 Å². The molecular formula is C23H26N4O2. The molecule has 0 atom stereocenters. The third-order valence-corrected chi connectivity index (χ3v) is 5.50. The molecule has 0 N–H and O–H groups in total. The molecule has 0 spiro atoms.